The Labute approximate surface area is 182 Å². The molecular formula is C22H25F5N4O. The van der Waals surface area contributed by atoms with Gasteiger partial charge in [0.2, 0.25) is 5.92 Å². The predicted octanol–water partition coefficient (Wildman–Crippen LogP) is 4.81. The molecule has 1 aliphatic heterocycles. The first-order valence-electron chi connectivity index (χ1n) is 10.6. The smallest absolute Gasteiger partial charge is 0.369 e. The number of anilines is 1. The van der Waals surface area contributed by atoms with Gasteiger partial charge < -0.3 is 15.5 Å². The third-order valence-electron chi connectivity index (χ3n) is 6.11. The van der Waals surface area contributed by atoms with Crippen molar-refractivity contribution in [2.24, 2.45) is 11.8 Å². The zero-order chi connectivity index (χ0) is 23.1. The van der Waals surface area contributed by atoms with Gasteiger partial charge in [0.25, 0.3) is 0 Å². The van der Waals surface area contributed by atoms with E-state index in [4.69, 9.17) is 0 Å². The molecule has 2 aliphatic rings. The highest BCUT2D eigenvalue weighted by atomic mass is 19.4. The Kier molecular flexibility index (Phi) is 5.89. The highest BCUT2D eigenvalue weighted by molar-refractivity contribution is 5.94. The molecule has 0 bridgehead atoms. The van der Waals surface area contributed by atoms with Crippen molar-refractivity contribution in [2.75, 3.05) is 24.5 Å². The molecule has 2 atom stereocenters. The molecule has 1 aliphatic carbocycles. The minimum Gasteiger partial charge on any atom is -0.369 e. The van der Waals surface area contributed by atoms with E-state index >= 15 is 0 Å². The van der Waals surface area contributed by atoms with E-state index in [0.29, 0.717) is 30.6 Å². The molecule has 1 aromatic heterocycles. The number of fused-ring (bicyclic) bond motifs is 1. The fraction of sp³-hybridized carbons (Fsp3) is 0.545. The minimum absolute atomic E-state index is 0.102. The van der Waals surface area contributed by atoms with Gasteiger partial charge in [-0.15, -0.1) is 0 Å². The van der Waals surface area contributed by atoms with Gasteiger partial charge >= 0.3 is 12.2 Å². The number of rotatable bonds is 4. The van der Waals surface area contributed by atoms with Gasteiger partial charge in [-0.1, -0.05) is 6.92 Å². The summed E-state index contributed by atoms with van der Waals surface area (Å²) in [6.45, 7) is 3.27. The van der Waals surface area contributed by atoms with Gasteiger partial charge in [0.05, 0.1) is 11.1 Å². The number of carbonyl (C=O) groups excluding carboxylic acids is 1. The van der Waals surface area contributed by atoms with Crippen molar-refractivity contribution in [3.8, 4) is 0 Å². The van der Waals surface area contributed by atoms with Crippen LogP contribution in [-0.2, 0) is 6.18 Å². The monoisotopic (exact) mass is 456 g/mol. The van der Waals surface area contributed by atoms with E-state index in [2.05, 4.69) is 15.6 Å². The second-order valence-electron chi connectivity index (χ2n) is 8.96. The molecule has 2 heterocycles. The van der Waals surface area contributed by atoms with Crippen LogP contribution in [0.1, 0.15) is 31.7 Å². The number of piperidine rings is 1. The Hall–Kier alpha value is -2.65. The van der Waals surface area contributed by atoms with Gasteiger partial charge in [0, 0.05) is 55.8 Å². The number of halogens is 5. The maximum Gasteiger partial charge on any atom is 0.418 e. The Balaban J connectivity index is 1.46. The molecule has 1 saturated carbocycles. The van der Waals surface area contributed by atoms with Crippen LogP contribution in [0.3, 0.4) is 0 Å². The van der Waals surface area contributed by atoms with E-state index in [1.54, 1.807) is 12.1 Å². The average Bonchev–Trinajstić information content (AvgIpc) is 2.68. The Morgan fingerprint density at radius 3 is 2.66 bits per heavy atom. The summed E-state index contributed by atoms with van der Waals surface area (Å²) in [6, 6.07) is 5.09. The van der Waals surface area contributed by atoms with Gasteiger partial charge in [-0.25, -0.2) is 13.6 Å². The lowest BCUT2D eigenvalue weighted by molar-refractivity contribution is -0.136. The molecule has 10 heteroatoms. The second kappa shape index (κ2) is 8.37. The lowest BCUT2D eigenvalue weighted by atomic mass is 9.81. The summed E-state index contributed by atoms with van der Waals surface area (Å²) in [5, 5.41) is 5.95. The van der Waals surface area contributed by atoms with E-state index in [1.807, 2.05) is 11.8 Å². The van der Waals surface area contributed by atoms with E-state index < -0.39 is 23.7 Å². The lowest BCUT2D eigenvalue weighted by Crippen LogP contribution is -2.53. The highest BCUT2D eigenvalue weighted by Gasteiger charge is 2.45. The largest absolute Gasteiger partial charge is 0.418 e. The van der Waals surface area contributed by atoms with Crippen LogP contribution in [-0.4, -0.2) is 42.6 Å². The van der Waals surface area contributed by atoms with Gasteiger partial charge in [-0.05, 0) is 42.5 Å². The molecule has 174 valence electrons. The highest BCUT2D eigenvalue weighted by Crippen LogP contribution is 2.42. The number of alkyl halides is 5. The predicted molar refractivity (Wildman–Crippen MR) is 111 cm³/mol. The number of aromatic nitrogens is 1. The molecule has 2 fully saturated rings. The molecule has 0 radical (unpaired) electrons. The van der Waals surface area contributed by atoms with Gasteiger partial charge in [0.1, 0.15) is 0 Å². The maximum absolute atomic E-state index is 13.4. The van der Waals surface area contributed by atoms with E-state index in [0.717, 1.165) is 6.07 Å². The Bertz CT molecular complexity index is 988. The number of hydrogen-bond donors (Lipinski definition) is 2. The van der Waals surface area contributed by atoms with Crippen LogP contribution >= 0.6 is 0 Å². The first-order valence-corrected chi connectivity index (χ1v) is 10.6. The molecule has 2 aromatic rings. The second-order valence-corrected chi connectivity index (χ2v) is 8.96. The van der Waals surface area contributed by atoms with Crippen molar-refractivity contribution < 1.29 is 26.7 Å². The van der Waals surface area contributed by atoms with Crippen molar-refractivity contribution in [1.82, 2.24) is 15.6 Å². The summed E-state index contributed by atoms with van der Waals surface area (Å²) in [5.74, 6) is -2.65. The van der Waals surface area contributed by atoms with E-state index in [-0.39, 0.29) is 42.8 Å². The number of nitrogens with one attached hydrogen (secondary N) is 2. The van der Waals surface area contributed by atoms with E-state index in [1.165, 1.54) is 12.3 Å². The zero-order valence-corrected chi connectivity index (χ0v) is 17.6. The maximum atomic E-state index is 13.4. The molecule has 1 saturated heterocycles. The first-order chi connectivity index (χ1) is 15.0. The SMILES string of the molecule is C[C@H]1C[C@@H](NC(=O)NCC2CC(F)(F)C2)CN(c2ccc(C(F)(F)F)c3ncccc23)C1. The summed E-state index contributed by atoms with van der Waals surface area (Å²) in [5.41, 5.74) is -0.246. The quantitative estimate of drug-likeness (QED) is 0.649. The Morgan fingerprint density at radius 2 is 1.97 bits per heavy atom. The molecule has 5 nitrogen and oxygen atoms in total. The molecule has 2 amide bonds. The van der Waals surface area contributed by atoms with Crippen LogP contribution in [0, 0.1) is 11.8 Å². The average molecular weight is 456 g/mol. The van der Waals surface area contributed by atoms with Crippen molar-refractivity contribution in [3.05, 3.63) is 36.0 Å². The standard InChI is InChI=1S/C22H25F5N4O/c1-13-7-15(30-20(32)29-10-14-8-21(23,24)9-14)12-31(11-13)18-5-4-17(22(25,26)27)19-16(18)3-2-6-28-19/h2-6,13-15H,7-12H2,1H3,(H2,29,30,32)/t13-,15+/m0/s1. The number of carbonyl (C=O) groups is 1. The fourth-order valence-electron chi connectivity index (χ4n) is 4.72. The summed E-state index contributed by atoms with van der Waals surface area (Å²) in [7, 11) is 0. The molecule has 0 unspecified atom stereocenters. The molecule has 4 rings (SSSR count). The zero-order valence-electron chi connectivity index (χ0n) is 17.6. The van der Waals surface area contributed by atoms with Crippen molar-refractivity contribution in [3.63, 3.8) is 0 Å². The van der Waals surface area contributed by atoms with Crippen LogP contribution in [0.2, 0.25) is 0 Å². The number of pyridine rings is 1. The van der Waals surface area contributed by atoms with Gasteiger partial charge in [-0.3, -0.25) is 4.98 Å². The summed E-state index contributed by atoms with van der Waals surface area (Å²) in [4.78, 5) is 18.2. The lowest BCUT2D eigenvalue weighted by Gasteiger charge is -2.39. The van der Waals surface area contributed by atoms with Crippen LogP contribution < -0.4 is 15.5 Å². The van der Waals surface area contributed by atoms with Crippen molar-refractivity contribution >= 4 is 22.6 Å². The number of hydrogen-bond acceptors (Lipinski definition) is 3. The van der Waals surface area contributed by atoms with E-state index in [9.17, 15) is 26.7 Å². The molecule has 2 N–H and O–H groups in total. The number of nitrogens with zero attached hydrogens (tertiary/aromatic N) is 2. The molecule has 1 aromatic carbocycles. The normalized spacial score (nSPS) is 23.6. The summed E-state index contributed by atoms with van der Waals surface area (Å²) < 4.78 is 66.1. The first kappa shape index (κ1) is 22.5. The molecule has 32 heavy (non-hydrogen) atoms. The van der Waals surface area contributed by atoms with Gasteiger partial charge in [0.15, 0.2) is 0 Å². The van der Waals surface area contributed by atoms with Crippen LogP contribution in [0.25, 0.3) is 10.9 Å². The van der Waals surface area contributed by atoms with Crippen molar-refractivity contribution in [1.29, 1.82) is 0 Å². The third-order valence-corrected chi connectivity index (χ3v) is 6.11. The van der Waals surface area contributed by atoms with Gasteiger partial charge in [-0.2, -0.15) is 13.2 Å². The molecular weight excluding hydrogens is 431 g/mol. The Morgan fingerprint density at radius 1 is 1.22 bits per heavy atom. The van der Waals surface area contributed by atoms with Crippen LogP contribution in [0.4, 0.5) is 32.4 Å². The van der Waals surface area contributed by atoms with Crippen LogP contribution in [0.5, 0.6) is 0 Å². The fourth-order valence-corrected chi connectivity index (χ4v) is 4.72. The molecule has 0 spiro atoms. The van der Waals surface area contributed by atoms with Crippen molar-refractivity contribution in [2.45, 2.75) is 44.3 Å². The topological polar surface area (TPSA) is 57.3 Å². The third kappa shape index (κ3) is 4.88. The van der Waals surface area contributed by atoms with Crippen LogP contribution in [0.15, 0.2) is 30.5 Å². The number of benzene rings is 1. The summed E-state index contributed by atoms with van der Waals surface area (Å²) in [6.07, 6.45) is -2.88. The minimum atomic E-state index is -4.51. The number of amides is 2. The summed E-state index contributed by atoms with van der Waals surface area (Å²) >= 11 is 0. The number of urea groups is 1.